The number of amides is 1. The molecule has 0 aliphatic heterocycles. The van der Waals surface area contributed by atoms with Crippen molar-refractivity contribution in [2.24, 2.45) is 0 Å². The molecule has 25 heavy (non-hydrogen) atoms. The largest absolute Gasteiger partial charge is 0.451 e. The second kappa shape index (κ2) is 12.3. The molecule has 0 atom stereocenters. The number of carbonyl (C=O) groups excluding carboxylic acids is 1. The van der Waals surface area contributed by atoms with Crippen molar-refractivity contribution in [2.75, 3.05) is 0 Å². The minimum Gasteiger partial charge on any atom is -0.451 e. The van der Waals surface area contributed by atoms with Crippen LogP contribution >= 0.6 is 0 Å². The maximum absolute atomic E-state index is 11.8. The zero-order chi connectivity index (χ0) is 19.4. The third kappa shape index (κ3) is 8.57. The molecule has 0 radical (unpaired) electrons. The summed E-state index contributed by atoms with van der Waals surface area (Å²) in [5.74, 6) is 0.897. The second-order valence-electron chi connectivity index (χ2n) is 6.17. The van der Waals surface area contributed by atoms with E-state index in [4.69, 9.17) is 4.42 Å². The SMILES string of the molecule is CC.CCCC.Cc1cc(C)cc(-c2ccc(C(=O)NC(C)C)o2)c1. The van der Waals surface area contributed by atoms with Crippen LogP contribution in [-0.4, -0.2) is 11.9 Å². The van der Waals surface area contributed by atoms with E-state index in [9.17, 15) is 4.79 Å². The molecule has 0 unspecified atom stereocenters. The van der Waals surface area contributed by atoms with Gasteiger partial charge in [0, 0.05) is 11.6 Å². The standard InChI is InChI=1S/C16H19NO2.C4H10.C2H6/c1-10(2)17-16(18)15-6-5-14(19-15)13-8-11(3)7-12(4)9-13;1-3-4-2;1-2/h5-10H,1-4H3,(H,17,18);3-4H2,1-2H3;1-2H3. The van der Waals surface area contributed by atoms with Crippen molar-refractivity contribution in [3.8, 4) is 11.3 Å². The Morgan fingerprint density at radius 2 is 1.52 bits per heavy atom. The zero-order valence-electron chi connectivity index (χ0n) is 17.2. The molecule has 1 amide bonds. The number of unbranched alkanes of at least 4 members (excludes halogenated alkanes) is 1. The van der Waals surface area contributed by atoms with Gasteiger partial charge in [-0.15, -0.1) is 0 Å². The summed E-state index contributed by atoms with van der Waals surface area (Å²) in [4.78, 5) is 11.8. The maximum atomic E-state index is 11.8. The third-order valence-corrected chi connectivity index (χ3v) is 3.26. The highest BCUT2D eigenvalue weighted by molar-refractivity contribution is 5.92. The Balaban J connectivity index is 0.000000845. The van der Waals surface area contributed by atoms with Gasteiger partial charge in [0.1, 0.15) is 5.76 Å². The number of aryl methyl sites for hydroxylation is 2. The number of rotatable bonds is 4. The molecule has 0 aliphatic rings. The fraction of sp³-hybridized carbons (Fsp3) is 0.500. The lowest BCUT2D eigenvalue weighted by Crippen LogP contribution is -2.29. The minimum absolute atomic E-state index is 0.0993. The van der Waals surface area contributed by atoms with Crippen LogP contribution < -0.4 is 5.32 Å². The van der Waals surface area contributed by atoms with E-state index in [0.717, 1.165) is 11.3 Å². The Hall–Kier alpha value is -2.03. The molecular formula is C22H35NO2. The van der Waals surface area contributed by atoms with Crippen LogP contribution in [0.4, 0.5) is 0 Å². The minimum atomic E-state index is -0.175. The molecule has 3 heteroatoms. The van der Waals surface area contributed by atoms with Crippen molar-refractivity contribution < 1.29 is 9.21 Å². The van der Waals surface area contributed by atoms with Crippen molar-refractivity contribution >= 4 is 5.91 Å². The molecule has 3 nitrogen and oxygen atoms in total. The number of nitrogens with one attached hydrogen (secondary N) is 1. The molecule has 140 valence electrons. The molecule has 1 N–H and O–H groups in total. The van der Waals surface area contributed by atoms with E-state index in [-0.39, 0.29) is 11.9 Å². The van der Waals surface area contributed by atoms with Gasteiger partial charge < -0.3 is 9.73 Å². The Bertz CT molecular complexity index is 604. The fourth-order valence-corrected chi connectivity index (χ4v) is 2.07. The summed E-state index contributed by atoms with van der Waals surface area (Å²) in [6, 6.07) is 9.86. The summed E-state index contributed by atoms with van der Waals surface area (Å²) in [6.45, 7) is 16.3. The van der Waals surface area contributed by atoms with Gasteiger partial charge in [0.05, 0.1) is 0 Å². The smallest absolute Gasteiger partial charge is 0.287 e. The summed E-state index contributed by atoms with van der Waals surface area (Å²) in [5, 5.41) is 2.81. The van der Waals surface area contributed by atoms with Crippen LogP contribution in [-0.2, 0) is 0 Å². The summed E-state index contributed by atoms with van der Waals surface area (Å²) in [5.41, 5.74) is 3.36. The Kier molecular flexibility index (Phi) is 11.3. The summed E-state index contributed by atoms with van der Waals surface area (Å²) < 4.78 is 5.63. The average Bonchev–Trinajstić information content (AvgIpc) is 3.06. The normalized spacial score (nSPS) is 9.64. The number of carbonyl (C=O) groups is 1. The summed E-state index contributed by atoms with van der Waals surface area (Å²) in [7, 11) is 0. The lowest BCUT2D eigenvalue weighted by atomic mass is 10.1. The molecule has 0 spiro atoms. The van der Waals surface area contributed by atoms with Crippen LogP contribution in [0.2, 0.25) is 0 Å². The summed E-state index contributed by atoms with van der Waals surface area (Å²) >= 11 is 0. The molecule has 1 aromatic carbocycles. The van der Waals surface area contributed by atoms with E-state index >= 15 is 0 Å². The fourth-order valence-electron chi connectivity index (χ4n) is 2.07. The first-order chi connectivity index (χ1) is 11.9. The molecule has 2 rings (SSSR count). The van der Waals surface area contributed by atoms with E-state index in [1.807, 2.05) is 47.6 Å². The lowest BCUT2D eigenvalue weighted by Gasteiger charge is -2.05. The summed E-state index contributed by atoms with van der Waals surface area (Å²) in [6.07, 6.45) is 2.64. The van der Waals surface area contributed by atoms with Crippen molar-refractivity contribution in [3.63, 3.8) is 0 Å². The number of furan rings is 1. The van der Waals surface area contributed by atoms with Crippen molar-refractivity contribution in [1.82, 2.24) is 5.32 Å². The predicted molar refractivity (Wildman–Crippen MR) is 108 cm³/mol. The molecule has 1 aromatic heterocycles. The molecule has 0 bridgehead atoms. The van der Waals surface area contributed by atoms with Gasteiger partial charge in [0.2, 0.25) is 0 Å². The molecule has 0 saturated heterocycles. The highest BCUT2D eigenvalue weighted by atomic mass is 16.3. The third-order valence-electron chi connectivity index (χ3n) is 3.26. The first-order valence-corrected chi connectivity index (χ1v) is 9.36. The van der Waals surface area contributed by atoms with Crippen LogP contribution in [0.15, 0.2) is 34.7 Å². The number of benzene rings is 1. The van der Waals surface area contributed by atoms with Gasteiger partial charge in [-0.3, -0.25) is 4.79 Å². The monoisotopic (exact) mass is 345 g/mol. The number of hydrogen-bond donors (Lipinski definition) is 1. The van der Waals surface area contributed by atoms with E-state index < -0.39 is 0 Å². The first kappa shape index (κ1) is 23.0. The molecular weight excluding hydrogens is 310 g/mol. The van der Waals surface area contributed by atoms with Crippen LogP contribution in [0.3, 0.4) is 0 Å². The number of hydrogen-bond acceptors (Lipinski definition) is 2. The van der Waals surface area contributed by atoms with Gasteiger partial charge >= 0.3 is 0 Å². The molecule has 2 aromatic rings. The molecule has 0 saturated carbocycles. The Morgan fingerprint density at radius 3 is 1.96 bits per heavy atom. The van der Waals surface area contributed by atoms with Crippen molar-refractivity contribution in [2.45, 2.75) is 74.3 Å². The highest BCUT2D eigenvalue weighted by Gasteiger charge is 2.13. The molecule has 1 heterocycles. The van der Waals surface area contributed by atoms with Gasteiger partial charge in [-0.1, -0.05) is 57.7 Å². The van der Waals surface area contributed by atoms with Crippen molar-refractivity contribution in [3.05, 3.63) is 47.2 Å². The van der Waals surface area contributed by atoms with Gasteiger partial charge in [0.15, 0.2) is 5.76 Å². The predicted octanol–water partition coefficient (Wildman–Crippen LogP) is 6.53. The Labute approximate surface area is 153 Å². The van der Waals surface area contributed by atoms with Crippen LogP contribution in [0.25, 0.3) is 11.3 Å². The topological polar surface area (TPSA) is 42.2 Å². The molecule has 0 aliphatic carbocycles. The molecule has 0 fully saturated rings. The van der Waals surface area contributed by atoms with Crippen LogP contribution in [0.1, 0.15) is 76.1 Å². The van der Waals surface area contributed by atoms with E-state index in [2.05, 4.69) is 37.4 Å². The van der Waals surface area contributed by atoms with Gasteiger partial charge in [-0.05, 0) is 52.0 Å². The van der Waals surface area contributed by atoms with Gasteiger partial charge in [-0.25, -0.2) is 0 Å². The Morgan fingerprint density at radius 1 is 1.00 bits per heavy atom. The first-order valence-electron chi connectivity index (χ1n) is 9.36. The van der Waals surface area contributed by atoms with Gasteiger partial charge in [-0.2, -0.15) is 0 Å². The van der Waals surface area contributed by atoms with E-state index in [1.54, 1.807) is 6.07 Å². The lowest BCUT2D eigenvalue weighted by molar-refractivity contribution is 0.0916. The van der Waals surface area contributed by atoms with Crippen LogP contribution in [0, 0.1) is 13.8 Å². The maximum Gasteiger partial charge on any atom is 0.287 e. The second-order valence-corrected chi connectivity index (χ2v) is 6.17. The van der Waals surface area contributed by atoms with Gasteiger partial charge in [0.25, 0.3) is 5.91 Å². The van der Waals surface area contributed by atoms with E-state index in [0.29, 0.717) is 5.76 Å². The quantitative estimate of drug-likeness (QED) is 0.684. The van der Waals surface area contributed by atoms with E-state index in [1.165, 1.54) is 24.0 Å². The van der Waals surface area contributed by atoms with Crippen LogP contribution in [0.5, 0.6) is 0 Å². The highest BCUT2D eigenvalue weighted by Crippen LogP contribution is 2.24. The zero-order valence-corrected chi connectivity index (χ0v) is 17.2. The average molecular weight is 346 g/mol. The van der Waals surface area contributed by atoms with Crippen molar-refractivity contribution in [1.29, 1.82) is 0 Å².